The summed E-state index contributed by atoms with van der Waals surface area (Å²) in [7, 11) is 3.24. The summed E-state index contributed by atoms with van der Waals surface area (Å²) in [4.78, 5) is 11.9. The van der Waals surface area contributed by atoms with Gasteiger partial charge >= 0.3 is 5.97 Å². The van der Waals surface area contributed by atoms with Crippen molar-refractivity contribution >= 4 is 5.97 Å². The molecule has 0 saturated heterocycles. The SMILES string of the molecule is COc1cc(CC[CH]c2cccc(OCC(=O)OC(C)(C)C)c2)c(OC(C)(C)C)cc1OC. The van der Waals surface area contributed by atoms with E-state index in [1.807, 2.05) is 77.9 Å². The highest BCUT2D eigenvalue weighted by Gasteiger charge is 2.19. The van der Waals surface area contributed by atoms with E-state index >= 15 is 0 Å². The monoisotopic (exact) mass is 457 g/mol. The lowest BCUT2D eigenvalue weighted by Crippen LogP contribution is -2.27. The number of carbonyl (C=O) groups is 1. The van der Waals surface area contributed by atoms with Crippen LogP contribution in [0.1, 0.15) is 59.1 Å². The molecule has 33 heavy (non-hydrogen) atoms. The van der Waals surface area contributed by atoms with Gasteiger partial charge in [0.25, 0.3) is 0 Å². The van der Waals surface area contributed by atoms with Gasteiger partial charge in [0, 0.05) is 6.07 Å². The van der Waals surface area contributed by atoms with Crippen LogP contribution in [0.25, 0.3) is 0 Å². The summed E-state index contributed by atoms with van der Waals surface area (Å²) in [6.45, 7) is 11.4. The van der Waals surface area contributed by atoms with Crippen LogP contribution in [0.5, 0.6) is 23.0 Å². The summed E-state index contributed by atoms with van der Waals surface area (Å²) >= 11 is 0. The van der Waals surface area contributed by atoms with Crippen molar-refractivity contribution in [2.75, 3.05) is 20.8 Å². The molecule has 0 fully saturated rings. The van der Waals surface area contributed by atoms with Crippen LogP contribution >= 0.6 is 0 Å². The first-order valence-corrected chi connectivity index (χ1v) is 11.1. The fourth-order valence-corrected chi connectivity index (χ4v) is 3.16. The normalized spacial score (nSPS) is 11.6. The third kappa shape index (κ3) is 9.24. The minimum Gasteiger partial charge on any atom is -0.493 e. The Morgan fingerprint density at radius 2 is 1.55 bits per heavy atom. The van der Waals surface area contributed by atoms with E-state index in [0.29, 0.717) is 17.2 Å². The highest BCUT2D eigenvalue weighted by Crippen LogP contribution is 2.37. The second-order valence-electron chi connectivity index (χ2n) is 9.72. The van der Waals surface area contributed by atoms with Gasteiger partial charge in [-0.15, -0.1) is 0 Å². The van der Waals surface area contributed by atoms with Crippen molar-refractivity contribution in [3.63, 3.8) is 0 Å². The molecule has 0 atom stereocenters. The highest BCUT2D eigenvalue weighted by atomic mass is 16.6. The number of ether oxygens (including phenoxy) is 5. The third-order valence-electron chi connectivity index (χ3n) is 4.41. The summed E-state index contributed by atoms with van der Waals surface area (Å²) in [6, 6.07) is 11.5. The van der Waals surface area contributed by atoms with Gasteiger partial charge in [-0.3, -0.25) is 0 Å². The zero-order valence-corrected chi connectivity index (χ0v) is 21.1. The molecular weight excluding hydrogens is 420 g/mol. The Balaban J connectivity index is 2.03. The van der Waals surface area contributed by atoms with Crippen molar-refractivity contribution in [2.45, 2.75) is 65.6 Å². The van der Waals surface area contributed by atoms with Crippen LogP contribution in [-0.4, -0.2) is 38.0 Å². The zero-order valence-electron chi connectivity index (χ0n) is 21.1. The lowest BCUT2D eigenvalue weighted by Gasteiger charge is -2.24. The summed E-state index contributed by atoms with van der Waals surface area (Å²) in [6.07, 6.45) is 3.66. The van der Waals surface area contributed by atoms with Crippen LogP contribution in [-0.2, 0) is 16.0 Å². The first-order valence-electron chi connectivity index (χ1n) is 11.1. The number of methoxy groups -OCH3 is 2. The summed E-state index contributed by atoms with van der Waals surface area (Å²) in [5.74, 6) is 2.32. The van der Waals surface area contributed by atoms with Gasteiger partial charge in [-0.25, -0.2) is 4.79 Å². The number of carbonyl (C=O) groups excluding carboxylic acids is 1. The molecule has 0 unspecified atom stereocenters. The molecule has 0 aromatic heterocycles. The molecule has 6 heteroatoms. The molecule has 2 rings (SSSR count). The van der Waals surface area contributed by atoms with Gasteiger partial charge in [-0.05, 0) is 90.1 Å². The van der Waals surface area contributed by atoms with Crippen molar-refractivity contribution in [3.8, 4) is 23.0 Å². The molecule has 0 N–H and O–H groups in total. The Morgan fingerprint density at radius 1 is 0.879 bits per heavy atom. The van der Waals surface area contributed by atoms with Crippen molar-refractivity contribution in [1.82, 2.24) is 0 Å². The first kappa shape index (κ1) is 26.4. The Labute approximate surface area is 198 Å². The molecule has 1 radical (unpaired) electrons. The van der Waals surface area contributed by atoms with Crippen LogP contribution in [0.4, 0.5) is 0 Å². The number of aryl methyl sites for hydroxylation is 1. The van der Waals surface area contributed by atoms with Gasteiger partial charge in [0.15, 0.2) is 18.1 Å². The number of hydrogen-bond acceptors (Lipinski definition) is 6. The molecule has 6 nitrogen and oxygen atoms in total. The average molecular weight is 458 g/mol. The quantitative estimate of drug-likeness (QED) is 0.421. The number of hydrogen-bond donors (Lipinski definition) is 0. The van der Waals surface area contributed by atoms with Crippen molar-refractivity contribution in [2.24, 2.45) is 0 Å². The number of benzene rings is 2. The van der Waals surface area contributed by atoms with E-state index in [-0.39, 0.29) is 12.2 Å². The van der Waals surface area contributed by atoms with Crippen LogP contribution in [0, 0.1) is 6.42 Å². The largest absolute Gasteiger partial charge is 0.493 e. The topological polar surface area (TPSA) is 63.2 Å². The van der Waals surface area contributed by atoms with E-state index in [4.69, 9.17) is 23.7 Å². The van der Waals surface area contributed by atoms with Gasteiger partial charge in [0.1, 0.15) is 22.7 Å². The standard InChI is InChI=1S/C27H37O6/c1-26(2,3)32-22-17-24(30-8)23(29-7)16-20(22)13-9-11-19-12-10-14-21(15-19)31-18-25(28)33-27(4,5)6/h10-12,14-17H,9,13,18H2,1-8H3. The van der Waals surface area contributed by atoms with Crippen LogP contribution in [0.15, 0.2) is 36.4 Å². The lowest BCUT2D eigenvalue weighted by molar-refractivity contribution is -0.157. The smallest absolute Gasteiger partial charge is 0.344 e. The Bertz CT molecular complexity index is 921. The van der Waals surface area contributed by atoms with E-state index in [9.17, 15) is 4.79 Å². The summed E-state index contributed by atoms with van der Waals surface area (Å²) < 4.78 is 28.0. The molecule has 0 aliphatic carbocycles. The van der Waals surface area contributed by atoms with E-state index in [1.165, 1.54) is 0 Å². The fourth-order valence-electron chi connectivity index (χ4n) is 3.16. The Hall–Kier alpha value is -2.89. The maximum absolute atomic E-state index is 11.9. The number of rotatable bonds is 10. The maximum Gasteiger partial charge on any atom is 0.344 e. The van der Waals surface area contributed by atoms with E-state index in [2.05, 4.69) is 6.42 Å². The minimum atomic E-state index is -0.532. The molecule has 0 amide bonds. The summed E-state index contributed by atoms with van der Waals surface area (Å²) in [5.41, 5.74) is 1.18. The second kappa shape index (κ2) is 11.3. The highest BCUT2D eigenvalue weighted by molar-refractivity contribution is 5.71. The van der Waals surface area contributed by atoms with Crippen molar-refractivity contribution in [1.29, 1.82) is 0 Å². The molecule has 2 aromatic rings. The van der Waals surface area contributed by atoms with E-state index < -0.39 is 11.6 Å². The lowest BCUT2D eigenvalue weighted by atomic mass is 10.0. The fraction of sp³-hybridized carbons (Fsp3) is 0.481. The molecular formula is C27H37O6. The molecule has 0 spiro atoms. The molecule has 0 aliphatic heterocycles. The third-order valence-corrected chi connectivity index (χ3v) is 4.41. The Morgan fingerprint density at radius 3 is 2.15 bits per heavy atom. The van der Waals surface area contributed by atoms with Gasteiger partial charge in [-0.1, -0.05) is 12.1 Å². The van der Waals surface area contributed by atoms with E-state index in [0.717, 1.165) is 29.7 Å². The number of esters is 1. The van der Waals surface area contributed by atoms with Gasteiger partial charge < -0.3 is 23.7 Å². The van der Waals surface area contributed by atoms with Gasteiger partial charge in [0.2, 0.25) is 0 Å². The second-order valence-corrected chi connectivity index (χ2v) is 9.72. The molecule has 0 bridgehead atoms. The molecule has 2 aromatic carbocycles. The summed E-state index contributed by atoms with van der Waals surface area (Å²) in [5, 5.41) is 0. The van der Waals surface area contributed by atoms with Crippen LogP contribution in [0.3, 0.4) is 0 Å². The van der Waals surface area contributed by atoms with E-state index in [1.54, 1.807) is 14.2 Å². The molecule has 0 saturated carbocycles. The van der Waals surface area contributed by atoms with Gasteiger partial charge in [0.05, 0.1) is 14.2 Å². The van der Waals surface area contributed by atoms with Crippen LogP contribution in [0.2, 0.25) is 0 Å². The zero-order chi connectivity index (χ0) is 24.6. The molecule has 181 valence electrons. The molecule has 0 aliphatic rings. The first-order chi connectivity index (χ1) is 15.4. The van der Waals surface area contributed by atoms with Crippen molar-refractivity contribution in [3.05, 3.63) is 53.9 Å². The average Bonchev–Trinajstić information content (AvgIpc) is 2.71. The molecule has 0 heterocycles. The maximum atomic E-state index is 11.9. The predicted octanol–water partition coefficient (Wildman–Crippen LogP) is 5.79. The Kier molecular flexibility index (Phi) is 9.03. The van der Waals surface area contributed by atoms with Gasteiger partial charge in [-0.2, -0.15) is 0 Å². The predicted molar refractivity (Wildman–Crippen MR) is 129 cm³/mol. The minimum absolute atomic E-state index is 0.125. The van der Waals surface area contributed by atoms with Crippen LogP contribution < -0.4 is 18.9 Å². The van der Waals surface area contributed by atoms with Crippen molar-refractivity contribution < 1.29 is 28.5 Å².